The number of anilines is 1. The number of nitrogens with one attached hydrogen (secondary N) is 1. The first-order valence-electron chi connectivity index (χ1n) is 6.33. The largest absolute Gasteiger partial charge is 0.477 e. The van der Waals surface area contributed by atoms with E-state index in [1.807, 2.05) is 24.3 Å². The van der Waals surface area contributed by atoms with Gasteiger partial charge in [-0.15, -0.1) is 0 Å². The average Bonchev–Trinajstić information content (AvgIpc) is 2.44. The monoisotopic (exact) mass is 290 g/mol. The maximum Gasteiger partial charge on any atom is 0.354 e. The molecule has 0 aliphatic carbocycles. The molecule has 5 heteroatoms. The van der Waals surface area contributed by atoms with Crippen molar-refractivity contribution < 1.29 is 9.90 Å². The Hall–Kier alpha value is -2.07. The number of carbonyl (C=O) groups is 1. The number of carboxylic acids is 1. The molecule has 0 aliphatic rings. The van der Waals surface area contributed by atoms with E-state index in [1.165, 1.54) is 17.8 Å². The topological polar surface area (TPSA) is 62.2 Å². The molecular formula is C15H15ClN2O2. The van der Waals surface area contributed by atoms with Crippen LogP contribution in [0.25, 0.3) is 0 Å². The van der Waals surface area contributed by atoms with Crippen molar-refractivity contribution in [2.75, 3.05) is 11.9 Å². The van der Waals surface area contributed by atoms with Gasteiger partial charge in [-0.1, -0.05) is 23.7 Å². The van der Waals surface area contributed by atoms with Crippen LogP contribution in [0.5, 0.6) is 0 Å². The maximum atomic E-state index is 10.8. The van der Waals surface area contributed by atoms with E-state index >= 15 is 0 Å². The number of nitrogens with zero attached hydrogens (tertiary/aromatic N) is 1. The van der Waals surface area contributed by atoms with E-state index in [-0.39, 0.29) is 5.69 Å². The van der Waals surface area contributed by atoms with Crippen LogP contribution in [0, 0.1) is 0 Å². The van der Waals surface area contributed by atoms with Crippen molar-refractivity contribution in [3.05, 3.63) is 58.9 Å². The van der Waals surface area contributed by atoms with E-state index in [2.05, 4.69) is 10.3 Å². The Bertz CT molecular complexity index is 602. The van der Waals surface area contributed by atoms with Gasteiger partial charge in [0.1, 0.15) is 5.69 Å². The third-order valence-electron chi connectivity index (χ3n) is 2.84. The van der Waals surface area contributed by atoms with Gasteiger partial charge in [0.05, 0.1) is 0 Å². The lowest BCUT2D eigenvalue weighted by atomic mass is 10.1. The quantitative estimate of drug-likeness (QED) is 0.800. The molecule has 0 spiro atoms. The SMILES string of the molecule is O=C(O)c1cc(NCCCc2cccc(Cl)c2)ccn1. The zero-order valence-corrected chi connectivity index (χ0v) is 11.6. The summed E-state index contributed by atoms with van der Waals surface area (Å²) in [7, 11) is 0. The standard InChI is InChI=1S/C15H15ClN2O2/c16-12-5-1-3-11(9-12)4-2-7-17-13-6-8-18-14(10-13)15(19)20/h1,3,5-6,8-10H,2,4,7H2,(H,17,18)(H,19,20). The van der Waals surface area contributed by atoms with Crippen LogP contribution < -0.4 is 5.32 Å². The first-order valence-corrected chi connectivity index (χ1v) is 6.70. The highest BCUT2D eigenvalue weighted by Gasteiger charge is 2.04. The maximum absolute atomic E-state index is 10.8. The van der Waals surface area contributed by atoms with Gasteiger partial charge in [0.25, 0.3) is 0 Å². The second-order valence-electron chi connectivity index (χ2n) is 4.40. The number of pyridine rings is 1. The molecule has 0 fully saturated rings. The van der Waals surface area contributed by atoms with Gasteiger partial charge in [0, 0.05) is 23.5 Å². The van der Waals surface area contributed by atoms with Gasteiger partial charge >= 0.3 is 5.97 Å². The first-order chi connectivity index (χ1) is 9.65. The predicted molar refractivity (Wildman–Crippen MR) is 79.5 cm³/mol. The minimum absolute atomic E-state index is 0.0461. The normalized spacial score (nSPS) is 10.2. The molecule has 0 unspecified atom stereocenters. The fourth-order valence-electron chi connectivity index (χ4n) is 1.88. The lowest BCUT2D eigenvalue weighted by molar-refractivity contribution is 0.0690. The van der Waals surface area contributed by atoms with E-state index < -0.39 is 5.97 Å². The number of aryl methyl sites for hydroxylation is 1. The average molecular weight is 291 g/mol. The summed E-state index contributed by atoms with van der Waals surface area (Å²) in [6, 6.07) is 11.1. The van der Waals surface area contributed by atoms with Crippen LogP contribution in [-0.2, 0) is 6.42 Å². The Kier molecular flexibility index (Phi) is 4.96. The van der Waals surface area contributed by atoms with E-state index in [9.17, 15) is 4.79 Å². The Labute approximate surface area is 122 Å². The van der Waals surface area contributed by atoms with Crippen LogP contribution in [0.4, 0.5) is 5.69 Å². The summed E-state index contributed by atoms with van der Waals surface area (Å²) < 4.78 is 0. The molecule has 0 amide bonds. The summed E-state index contributed by atoms with van der Waals surface area (Å²) in [5, 5.41) is 12.8. The van der Waals surface area contributed by atoms with Gasteiger partial charge in [-0.2, -0.15) is 0 Å². The van der Waals surface area contributed by atoms with Gasteiger partial charge in [-0.3, -0.25) is 0 Å². The molecule has 0 atom stereocenters. The molecule has 0 saturated heterocycles. The molecule has 2 N–H and O–H groups in total. The minimum Gasteiger partial charge on any atom is -0.477 e. The fraction of sp³-hybridized carbons (Fsp3) is 0.200. The number of aromatic nitrogens is 1. The second-order valence-corrected chi connectivity index (χ2v) is 4.83. The van der Waals surface area contributed by atoms with E-state index in [4.69, 9.17) is 16.7 Å². The summed E-state index contributed by atoms with van der Waals surface area (Å²) in [6.07, 6.45) is 3.35. The number of hydrogen-bond acceptors (Lipinski definition) is 3. The summed E-state index contributed by atoms with van der Waals surface area (Å²) in [5.41, 5.74) is 2.01. The highest BCUT2D eigenvalue weighted by atomic mass is 35.5. The van der Waals surface area contributed by atoms with Crippen LogP contribution in [0.3, 0.4) is 0 Å². The van der Waals surface area contributed by atoms with Crippen molar-refractivity contribution in [2.24, 2.45) is 0 Å². The third kappa shape index (κ3) is 4.24. The Balaban J connectivity index is 1.81. The second kappa shape index (κ2) is 6.91. The summed E-state index contributed by atoms with van der Waals surface area (Å²) in [4.78, 5) is 14.6. The molecule has 1 heterocycles. The van der Waals surface area contributed by atoms with E-state index in [0.29, 0.717) is 0 Å². The predicted octanol–water partition coefficient (Wildman–Crippen LogP) is 3.48. The molecule has 20 heavy (non-hydrogen) atoms. The lowest BCUT2D eigenvalue weighted by Gasteiger charge is -2.07. The molecule has 4 nitrogen and oxygen atoms in total. The molecular weight excluding hydrogens is 276 g/mol. The molecule has 0 radical (unpaired) electrons. The van der Waals surface area contributed by atoms with Crippen LogP contribution in [0.2, 0.25) is 5.02 Å². The lowest BCUT2D eigenvalue weighted by Crippen LogP contribution is -2.05. The van der Waals surface area contributed by atoms with Crippen molar-refractivity contribution in [1.82, 2.24) is 4.98 Å². The van der Waals surface area contributed by atoms with E-state index in [0.717, 1.165) is 30.1 Å². The zero-order valence-electron chi connectivity index (χ0n) is 10.8. The Morgan fingerprint density at radius 2 is 2.15 bits per heavy atom. The zero-order chi connectivity index (χ0) is 14.4. The first kappa shape index (κ1) is 14.3. The van der Waals surface area contributed by atoms with Gasteiger partial charge in [-0.25, -0.2) is 9.78 Å². The molecule has 2 aromatic rings. The molecule has 0 bridgehead atoms. The summed E-state index contributed by atoms with van der Waals surface area (Å²) >= 11 is 5.92. The smallest absolute Gasteiger partial charge is 0.354 e. The summed E-state index contributed by atoms with van der Waals surface area (Å²) in [6.45, 7) is 0.760. The van der Waals surface area contributed by atoms with Gasteiger partial charge in [0.15, 0.2) is 0 Å². The van der Waals surface area contributed by atoms with Crippen molar-refractivity contribution in [1.29, 1.82) is 0 Å². The molecule has 0 saturated carbocycles. The van der Waals surface area contributed by atoms with Crippen LogP contribution >= 0.6 is 11.6 Å². The van der Waals surface area contributed by atoms with Gasteiger partial charge in [-0.05, 0) is 42.7 Å². The minimum atomic E-state index is -1.02. The fourth-order valence-corrected chi connectivity index (χ4v) is 2.09. The Morgan fingerprint density at radius 1 is 1.30 bits per heavy atom. The molecule has 1 aromatic heterocycles. The van der Waals surface area contributed by atoms with Crippen molar-refractivity contribution >= 4 is 23.3 Å². The number of carboxylic acid groups (broad SMARTS) is 1. The van der Waals surface area contributed by atoms with Crippen molar-refractivity contribution in [2.45, 2.75) is 12.8 Å². The van der Waals surface area contributed by atoms with Gasteiger partial charge in [0.2, 0.25) is 0 Å². The number of rotatable bonds is 6. The highest BCUT2D eigenvalue weighted by molar-refractivity contribution is 6.30. The molecule has 2 rings (SSSR count). The number of hydrogen-bond donors (Lipinski definition) is 2. The van der Waals surface area contributed by atoms with Crippen LogP contribution in [0.1, 0.15) is 22.5 Å². The van der Waals surface area contributed by atoms with E-state index in [1.54, 1.807) is 6.07 Å². The van der Waals surface area contributed by atoms with Crippen LogP contribution in [-0.4, -0.2) is 22.6 Å². The van der Waals surface area contributed by atoms with Crippen molar-refractivity contribution in [3.8, 4) is 0 Å². The van der Waals surface area contributed by atoms with Crippen LogP contribution in [0.15, 0.2) is 42.6 Å². The van der Waals surface area contributed by atoms with Gasteiger partial charge < -0.3 is 10.4 Å². The Morgan fingerprint density at radius 3 is 2.90 bits per heavy atom. The highest BCUT2D eigenvalue weighted by Crippen LogP contribution is 2.13. The molecule has 1 aromatic carbocycles. The molecule has 0 aliphatic heterocycles. The summed E-state index contributed by atoms with van der Waals surface area (Å²) in [5.74, 6) is -1.02. The number of aromatic carboxylic acids is 1. The molecule has 104 valence electrons. The third-order valence-corrected chi connectivity index (χ3v) is 3.07. The number of benzene rings is 1. The van der Waals surface area contributed by atoms with Crippen molar-refractivity contribution in [3.63, 3.8) is 0 Å². The number of halogens is 1.